The standard InChI is InChI=1S/C22H15NO4S/c24-20(26-12-16-13-27-22(23-16)19-6-3-9-28-19)10-15-11-25-18-8-7-14-4-1-2-5-17(14)21(15)18/h1-9,11,13H,10,12H2. The summed E-state index contributed by atoms with van der Waals surface area (Å²) in [6.45, 7) is 0.0737. The third kappa shape index (κ3) is 3.08. The molecule has 6 heteroatoms. The largest absolute Gasteiger partial charge is 0.464 e. The fourth-order valence-electron chi connectivity index (χ4n) is 3.25. The zero-order valence-corrected chi connectivity index (χ0v) is 15.6. The second-order valence-corrected chi connectivity index (χ2v) is 7.33. The van der Waals surface area contributed by atoms with E-state index in [-0.39, 0.29) is 19.0 Å². The number of hydrogen-bond donors (Lipinski definition) is 0. The van der Waals surface area contributed by atoms with Gasteiger partial charge in [0.1, 0.15) is 24.1 Å². The highest BCUT2D eigenvalue weighted by atomic mass is 32.1. The molecule has 0 unspecified atom stereocenters. The molecule has 0 N–H and O–H groups in total. The van der Waals surface area contributed by atoms with Gasteiger partial charge in [-0.25, -0.2) is 4.98 Å². The molecule has 3 heterocycles. The minimum Gasteiger partial charge on any atom is -0.464 e. The maximum Gasteiger partial charge on any atom is 0.310 e. The Morgan fingerprint density at radius 2 is 1.96 bits per heavy atom. The Balaban J connectivity index is 1.32. The van der Waals surface area contributed by atoms with Crippen molar-refractivity contribution in [3.63, 3.8) is 0 Å². The van der Waals surface area contributed by atoms with Gasteiger partial charge in [0.25, 0.3) is 0 Å². The quantitative estimate of drug-likeness (QED) is 0.367. The van der Waals surface area contributed by atoms with E-state index in [1.165, 1.54) is 6.26 Å². The molecule has 28 heavy (non-hydrogen) atoms. The summed E-state index contributed by atoms with van der Waals surface area (Å²) in [4.78, 5) is 17.7. The Hall–Kier alpha value is -3.38. The molecule has 5 rings (SSSR count). The predicted molar refractivity (Wildman–Crippen MR) is 107 cm³/mol. The molecule has 0 spiro atoms. The molecule has 0 amide bonds. The first-order chi connectivity index (χ1) is 13.8. The van der Waals surface area contributed by atoms with E-state index in [0.717, 1.165) is 32.2 Å². The van der Waals surface area contributed by atoms with Crippen LogP contribution < -0.4 is 0 Å². The van der Waals surface area contributed by atoms with Gasteiger partial charge < -0.3 is 13.6 Å². The third-order valence-electron chi connectivity index (χ3n) is 4.54. The molecule has 5 nitrogen and oxygen atoms in total. The molecule has 0 saturated carbocycles. The summed E-state index contributed by atoms with van der Waals surface area (Å²) in [6.07, 6.45) is 3.28. The maximum absolute atomic E-state index is 12.4. The molecule has 0 saturated heterocycles. The first kappa shape index (κ1) is 16.8. The SMILES string of the molecule is O=C(Cc1coc2ccc3ccccc3c12)OCc1coc(-c2cccs2)n1. The molecule has 0 fully saturated rings. The van der Waals surface area contributed by atoms with E-state index < -0.39 is 0 Å². The van der Waals surface area contributed by atoms with Gasteiger partial charge in [-0.1, -0.05) is 36.4 Å². The first-order valence-corrected chi connectivity index (χ1v) is 9.67. The van der Waals surface area contributed by atoms with Gasteiger partial charge in [0.05, 0.1) is 17.6 Å². The van der Waals surface area contributed by atoms with Crippen molar-refractivity contribution in [1.82, 2.24) is 4.98 Å². The number of aromatic nitrogens is 1. The zero-order chi connectivity index (χ0) is 18.9. The van der Waals surface area contributed by atoms with Gasteiger partial charge in [-0.05, 0) is 28.3 Å². The van der Waals surface area contributed by atoms with Crippen molar-refractivity contribution in [3.8, 4) is 10.8 Å². The van der Waals surface area contributed by atoms with Crippen LogP contribution in [0, 0.1) is 0 Å². The van der Waals surface area contributed by atoms with Crippen molar-refractivity contribution >= 4 is 39.0 Å². The number of carbonyl (C=O) groups is 1. The third-order valence-corrected chi connectivity index (χ3v) is 5.40. The lowest BCUT2D eigenvalue weighted by atomic mass is 10.0. The van der Waals surface area contributed by atoms with Crippen LogP contribution >= 0.6 is 11.3 Å². The Bertz CT molecular complexity index is 1270. The summed E-state index contributed by atoms with van der Waals surface area (Å²) in [5.41, 5.74) is 2.16. The molecular formula is C22H15NO4S. The molecular weight excluding hydrogens is 374 g/mol. The molecule has 0 bridgehead atoms. The number of furan rings is 1. The van der Waals surface area contributed by atoms with Gasteiger partial charge in [-0.15, -0.1) is 11.3 Å². The van der Waals surface area contributed by atoms with Gasteiger partial charge in [0.15, 0.2) is 0 Å². The maximum atomic E-state index is 12.4. The molecule has 3 aromatic heterocycles. The van der Waals surface area contributed by atoms with Gasteiger partial charge in [-0.2, -0.15) is 0 Å². The van der Waals surface area contributed by atoms with E-state index in [0.29, 0.717) is 11.6 Å². The fourth-order valence-corrected chi connectivity index (χ4v) is 3.91. The van der Waals surface area contributed by atoms with Gasteiger partial charge >= 0.3 is 5.97 Å². The average molecular weight is 389 g/mol. The van der Waals surface area contributed by atoms with Crippen LogP contribution in [0.1, 0.15) is 11.3 Å². The molecule has 0 aliphatic heterocycles. The lowest BCUT2D eigenvalue weighted by molar-refractivity contribution is -0.144. The number of esters is 1. The van der Waals surface area contributed by atoms with Crippen molar-refractivity contribution in [2.24, 2.45) is 0 Å². The average Bonchev–Trinajstić information content (AvgIpc) is 3.47. The minimum atomic E-state index is -0.337. The van der Waals surface area contributed by atoms with Crippen molar-refractivity contribution in [2.75, 3.05) is 0 Å². The second-order valence-electron chi connectivity index (χ2n) is 6.38. The highest BCUT2D eigenvalue weighted by molar-refractivity contribution is 7.13. The summed E-state index contributed by atoms with van der Waals surface area (Å²) in [6, 6.07) is 15.8. The van der Waals surface area contributed by atoms with Crippen LogP contribution in [0.3, 0.4) is 0 Å². The van der Waals surface area contributed by atoms with Gasteiger partial charge in [0.2, 0.25) is 5.89 Å². The van der Waals surface area contributed by atoms with Crippen molar-refractivity contribution < 1.29 is 18.4 Å². The van der Waals surface area contributed by atoms with Crippen LogP contribution in [-0.4, -0.2) is 11.0 Å². The summed E-state index contributed by atoms with van der Waals surface area (Å²) in [7, 11) is 0. The number of nitrogens with zero attached hydrogens (tertiary/aromatic N) is 1. The van der Waals surface area contributed by atoms with Gasteiger partial charge in [0, 0.05) is 10.9 Å². The Labute approximate surface area is 164 Å². The summed E-state index contributed by atoms with van der Waals surface area (Å²) in [5, 5.41) is 5.08. The van der Waals surface area contributed by atoms with Crippen molar-refractivity contribution in [1.29, 1.82) is 0 Å². The first-order valence-electron chi connectivity index (χ1n) is 8.80. The van der Waals surface area contributed by atoms with Crippen LogP contribution in [-0.2, 0) is 22.6 Å². The second kappa shape index (κ2) is 6.98. The van der Waals surface area contributed by atoms with Crippen molar-refractivity contribution in [2.45, 2.75) is 13.0 Å². The van der Waals surface area contributed by atoms with Gasteiger partial charge in [-0.3, -0.25) is 4.79 Å². The van der Waals surface area contributed by atoms with E-state index in [1.54, 1.807) is 17.6 Å². The van der Waals surface area contributed by atoms with E-state index in [2.05, 4.69) is 4.98 Å². The van der Waals surface area contributed by atoms with E-state index in [9.17, 15) is 4.79 Å². The number of fused-ring (bicyclic) bond motifs is 3. The van der Waals surface area contributed by atoms with Crippen LogP contribution in [0.15, 0.2) is 75.3 Å². The normalized spacial score (nSPS) is 11.3. The number of rotatable bonds is 5. The number of ether oxygens (including phenoxy) is 1. The smallest absolute Gasteiger partial charge is 0.310 e. The molecule has 0 atom stereocenters. The Morgan fingerprint density at radius 3 is 2.86 bits per heavy atom. The molecule has 0 aliphatic carbocycles. The Morgan fingerprint density at radius 1 is 1.04 bits per heavy atom. The van der Waals surface area contributed by atoms with Crippen molar-refractivity contribution in [3.05, 3.63) is 77.7 Å². The van der Waals surface area contributed by atoms with Crippen LogP contribution in [0.5, 0.6) is 0 Å². The summed E-state index contributed by atoms with van der Waals surface area (Å²) >= 11 is 1.54. The van der Waals surface area contributed by atoms with Crippen LogP contribution in [0.2, 0.25) is 0 Å². The van der Waals surface area contributed by atoms with E-state index >= 15 is 0 Å². The highest BCUT2D eigenvalue weighted by Crippen LogP contribution is 2.30. The van der Waals surface area contributed by atoms with Crippen LogP contribution in [0.25, 0.3) is 32.5 Å². The zero-order valence-electron chi connectivity index (χ0n) is 14.8. The number of carbonyl (C=O) groups excluding carboxylic acids is 1. The number of benzene rings is 2. The molecule has 2 aromatic carbocycles. The van der Waals surface area contributed by atoms with E-state index in [1.807, 2.05) is 53.9 Å². The van der Waals surface area contributed by atoms with Crippen LogP contribution in [0.4, 0.5) is 0 Å². The monoisotopic (exact) mass is 389 g/mol. The Kier molecular flexibility index (Phi) is 4.18. The molecule has 0 aliphatic rings. The van der Waals surface area contributed by atoms with E-state index in [4.69, 9.17) is 13.6 Å². The minimum absolute atomic E-state index is 0.0737. The lowest BCUT2D eigenvalue weighted by Crippen LogP contribution is -2.08. The number of oxazole rings is 1. The lowest BCUT2D eigenvalue weighted by Gasteiger charge is -2.03. The molecule has 5 aromatic rings. The summed E-state index contributed by atoms with van der Waals surface area (Å²) < 4.78 is 16.5. The topological polar surface area (TPSA) is 65.5 Å². The number of thiophene rings is 1. The highest BCUT2D eigenvalue weighted by Gasteiger charge is 2.15. The summed E-state index contributed by atoms with van der Waals surface area (Å²) in [5.74, 6) is 0.199. The fraction of sp³-hybridized carbons (Fsp3) is 0.0909. The number of hydrogen-bond acceptors (Lipinski definition) is 6. The predicted octanol–water partition coefficient (Wildman–Crippen LogP) is 5.59. The molecule has 0 radical (unpaired) electrons. The molecule has 138 valence electrons.